The van der Waals surface area contributed by atoms with E-state index >= 15 is 0 Å². The van der Waals surface area contributed by atoms with Gasteiger partial charge >= 0.3 is 0 Å². The Morgan fingerprint density at radius 3 is 1.69 bits per heavy atom. The molecule has 6 heteroatoms. The Balaban J connectivity index is 1.29. The molecular formula is C30H60N4O2. The van der Waals surface area contributed by atoms with E-state index in [1.54, 1.807) is 0 Å². The molecule has 0 N–H and O–H groups in total. The van der Waals surface area contributed by atoms with Crippen LogP contribution in [0.5, 0.6) is 0 Å². The van der Waals surface area contributed by atoms with Gasteiger partial charge in [-0.25, -0.2) is 0 Å². The molecule has 36 heavy (non-hydrogen) atoms. The minimum Gasteiger partial charge on any atom is -0.380 e. The highest BCUT2D eigenvalue weighted by atomic mass is 16.5. The SMILES string of the molecule is CC(C)(CCC(C)(C)N1C[C@@H]2C[C@H]1CN2C(C)(C)C)COCCN1CCN(CCOC(C)(C)C)CC1. The number of rotatable bonds is 12. The number of hydrogen-bond donors (Lipinski definition) is 0. The Labute approximate surface area is 224 Å². The molecule has 0 spiro atoms. The molecule has 0 amide bonds. The van der Waals surface area contributed by atoms with Crippen LogP contribution in [-0.4, -0.2) is 121 Å². The van der Waals surface area contributed by atoms with E-state index in [9.17, 15) is 0 Å². The molecule has 212 valence electrons. The molecule has 0 aliphatic carbocycles. The molecule has 3 rings (SSSR count). The summed E-state index contributed by atoms with van der Waals surface area (Å²) in [5, 5.41) is 0. The van der Waals surface area contributed by atoms with E-state index in [1.165, 1.54) is 32.4 Å². The fraction of sp³-hybridized carbons (Fsp3) is 1.00. The normalized spacial score (nSPS) is 25.8. The Bertz CT molecular complexity index is 673. The number of likely N-dealkylation sites (tertiary alicyclic amines) is 2. The van der Waals surface area contributed by atoms with Crippen molar-refractivity contribution in [1.29, 1.82) is 0 Å². The van der Waals surface area contributed by atoms with Gasteiger partial charge in [0.1, 0.15) is 0 Å². The molecule has 0 unspecified atom stereocenters. The Morgan fingerprint density at radius 1 is 0.667 bits per heavy atom. The number of fused-ring (bicyclic) bond motifs is 2. The van der Waals surface area contributed by atoms with E-state index in [1.807, 2.05) is 0 Å². The zero-order chi connectivity index (χ0) is 26.8. The molecule has 0 radical (unpaired) electrons. The van der Waals surface area contributed by atoms with Gasteiger partial charge in [-0.3, -0.25) is 19.6 Å². The van der Waals surface area contributed by atoms with Crippen LogP contribution >= 0.6 is 0 Å². The van der Waals surface area contributed by atoms with Crippen molar-refractivity contribution >= 4 is 0 Å². The molecule has 2 atom stereocenters. The average Bonchev–Trinajstić information content (AvgIpc) is 3.37. The molecule has 0 saturated carbocycles. The fourth-order valence-corrected chi connectivity index (χ4v) is 6.35. The highest BCUT2D eigenvalue weighted by Gasteiger charge is 2.50. The summed E-state index contributed by atoms with van der Waals surface area (Å²) in [6, 6.07) is 1.47. The van der Waals surface area contributed by atoms with Gasteiger partial charge < -0.3 is 9.47 Å². The number of hydrogen-bond acceptors (Lipinski definition) is 6. The lowest BCUT2D eigenvalue weighted by Gasteiger charge is -2.48. The first-order valence-electron chi connectivity index (χ1n) is 14.8. The van der Waals surface area contributed by atoms with Crippen LogP contribution in [0.3, 0.4) is 0 Å². The lowest BCUT2D eigenvalue weighted by molar-refractivity contribution is -0.0202. The van der Waals surface area contributed by atoms with Crippen molar-refractivity contribution in [3.05, 3.63) is 0 Å². The molecule has 3 saturated heterocycles. The standard InChI is InChI=1S/C30H60N4O2/c1-27(2,3)33-22-26-21-25(33)23-34(26)30(9,10)12-11-29(7,8)24-35-19-17-31-13-15-32(16-14-31)18-20-36-28(4,5)6/h25-26H,11-24H2,1-10H3/t25-,26-/m0/s1. The minimum absolute atomic E-state index is 0.0371. The lowest BCUT2D eigenvalue weighted by Crippen LogP contribution is -2.58. The Kier molecular flexibility index (Phi) is 10.00. The summed E-state index contributed by atoms with van der Waals surface area (Å²) in [6.45, 7) is 34.9. The van der Waals surface area contributed by atoms with Crippen LogP contribution in [0, 0.1) is 5.41 Å². The largest absolute Gasteiger partial charge is 0.380 e. The molecule has 3 heterocycles. The third-order valence-electron chi connectivity index (χ3n) is 8.75. The Morgan fingerprint density at radius 2 is 1.19 bits per heavy atom. The molecule has 0 aromatic rings. The van der Waals surface area contributed by atoms with Gasteiger partial charge in [-0.1, -0.05) is 13.8 Å². The molecule has 0 aromatic heterocycles. The maximum Gasteiger partial charge on any atom is 0.0600 e. The van der Waals surface area contributed by atoms with Gasteiger partial charge in [0, 0.05) is 75.5 Å². The van der Waals surface area contributed by atoms with Crippen molar-refractivity contribution in [2.75, 3.05) is 72.2 Å². The summed E-state index contributed by atoms with van der Waals surface area (Å²) in [5.74, 6) is 0. The predicted octanol–water partition coefficient (Wildman–Crippen LogP) is 4.58. The summed E-state index contributed by atoms with van der Waals surface area (Å²) < 4.78 is 12.1. The molecule has 2 bridgehead atoms. The quantitative estimate of drug-likeness (QED) is 0.359. The molecular weight excluding hydrogens is 448 g/mol. The molecule has 3 aliphatic rings. The van der Waals surface area contributed by atoms with Gasteiger partial charge in [-0.2, -0.15) is 0 Å². The third-order valence-corrected chi connectivity index (χ3v) is 8.75. The first kappa shape index (κ1) is 30.3. The van der Waals surface area contributed by atoms with Gasteiger partial charge in [0.25, 0.3) is 0 Å². The number of piperazine rings is 2. The number of nitrogens with zero attached hydrogens (tertiary/aromatic N) is 4. The van der Waals surface area contributed by atoms with Crippen molar-refractivity contribution in [3.63, 3.8) is 0 Å². The smallest absolute Gasteiger partial charge is 0.0600 e. The number of ether oxygens (including phenoxy) is 2. The van der Waals surface area contributed by atoms with Crippen LogP contribution in [0.25, 0.3) is 0 Å². The van der Waals surface area contributed by atoms with Gasteiger partial charge in [0.15, 0.2) is 0 Å². The van der Waals surface area contributed by atoms with Crippen molar-refractivity contribution in [1.82, 2.24) is 19.6 Å². The van der Waals surface area contributed by atoms with Crippen molar-refractivity contribution in [3.8, 4) is 0 Å². The van der Waals surface area contributed by atoms with E-state index in [2.05, 4.69) is 88.8 Å². The summed E-state index contributed by atoms with van der Waals surface area (Å²) >= 11 is 0. The van der Waals surface area contributed by atoms with Crippen LogP contribution in [0.1, 0.15) is 88.5 Å². The van der Waals surface area contributed by atoms with Crippen molar-refractivity contribution < 1.29 is 9.47 Å². The topological polar surface area (TPSA) is 31.4 Å². The molecule has 3 fully saturated rings. The second-order valence-corrected chi connectivity index (χ2v) is 15.2. The Hall–Kier alpha value is -0.240. The van der Waals surface area contributed by atoms with Gasteiger partial charge in [0.2, 0.25) is 0 Å². The van der Waals surface area contributed by atoms with Crippen LogP contribution in [0.4, 0.5) is 0 Å². The second-order valence-electron chi connectivity index (χ2n) is 15.2. The summed E-state index contributed by atoms with van der Waals surface area (Å²) in [7, 11) is 0. The fourth-order valence-electron chi connectivity index (χ4n) is 6.35. The summed E-state index contributed by atoms with van der Waals surface area (Å²) in [6.07, 6.45) is 3.81. The van der Waals surface area contributed by atoms with E-state index in [0.29, 0.717) is 5.54 Å². The first-order chi connectivity index (χ1) is 16.6. The first-order valence-corrected chi connectivity index (χ1v) is 14.8. The summed E-state index contributed by atoms with van der Waals surface area (Å²) in [4.78, 5) is 10.6. The summed E-state index contributed by atoms with van der Waals surface area (Å²) in [5.41, 5.74) is 0.742. The maximum absolute atomic E-state index is 6.23. The van der Waals surface area contributed by atoms with E-state index in [0.717, 1.165) is 71.2 Å². The van der Waals surface area contributed by atoms with Gasteiger partial charge in [0.05, 0.1) is 25.4 Å². The zero-order valence-electron chi connectivity index (χ0n) is 25.7. The van der Waals surface area contributed by atoms with Crippen LogP contribution in [0.2, 0.25) is 0 Å². The molecule has 6 nitrogen and oxygen atoms in total. The van der Waals surface area contributed by atoms with Crippen LogP contribution in [-0.2, 0) is 9.47 Å². The third kappa shape index (κ3) is 8.91. The van der Waals surface area contributed by atoms with Gasteiger partial charge in [-0.05, 0) is 80.1 Å². The van der Waals surface area contributed by atoms with E-state index < -0.39 is 0 Å². The van der Waals surface area contributed by atoms with Gasteiger partial charge in [-0.15, -0.1) is 0 Å². The molecule has 3 aliphatic heterocycles. The molecule has 0 aromatic carbocycles. The highest BCUT2D eigenvalue weighted by Crippen LogP contribution is 2.41. The second kappa shape index (κ2) is 11.9. The van der Waals surface area contributed by atoms with Crippen LogP contribution in [0.15, 0.2) is 0 Å². The van der Waals surface area contributed by atoms with Crippen LogP contribution < -0.4 is 0 Å². The monoisotopic (exact) mass is 508 g/mol. The van der Waals surface area contributed by atoms with E-state index in [4.69, 9.17) is 9.47 Å². The zero-order valence-corrected chi connectivity index (χ0v) is 25.7. The lowest BCUT2D eigenvalue weighted by atomic mass is 9.82. The van der Waals surface area contributed by atoms with Crippen molar-refractivity contribution in [2.45, 2.75) is 117 Å². The predicted molar refractivity (Wildman–Crippen MR) is 152 cm³/mol. The van der Waals surface area contributed by atoms with Crippen molar-refractivity contribution in [2.24, 2.45) is 5.41 Å². The van der Waals surface area contributed by atoms with E-state index in [-0.39, 0.29) is 16.6 Å². The highest BCUT2D eigenvalue weighted by molar-refractivity contribution is 5.07. The average molecular weight is 509 g/mol. The minimum atomic E-state index is -0.0371. The maximum atomic E-state index is 6.23.